The minimum Gasteiger partial charge on any atom is -0.455 e. The number of hydrogen-bond acceptors (Lipinski definition) is 4. The van der Waals surface area contributed by atoms with Crippen molar-refractivity contribution in [3.8, 4) is 0 Å². The van der Waals surface area contributed by atoms with E-state index in [1.54, 1.807) is 20.8 Å². The molecular formula is C18H18F2N2O3. The molecule has 7 heteroatoms. The summed E-state index contributed by atoms with van der Waals surface area (Å²) in [4.78, 5) is 27.8. The third kappa shape index (κ3) is 5.34. The molecule has 1 aromatic heterocycles. The molecule has 1 amide bonds. The van der Waals surface area contributed by atoms with E-state index in [4.69, 9.17) is 4.74 Å². The van der Waals surface area contributed by atoms with Crippen molar-refractivity contribution in [3.05, 3.63) is 65.0 Å². The van der Waals surface area contributed by atoms with Gasteiger partial charge in [-0.15, -0.1) is 0 Å². The molecule has 1 N–H and O–H groups in total. The third-order valence-electron chi connectivity index (χ3n) is 3.09. The van der Waals surface area contributed by atoms with Crippen LogP contribution in [0.25, 0.3) is 0 Å². The lowest BCUT2D eigenvalue weighted by Gasteiger charge is -2.19. The van der Waals surface area contributed by atoms with Crippen molar-refractivity contribution in [1.29, 1.82) is 0 Å². The summed E-state index contributed by atoms with van der Waals surface area (Å²) < 4.78 is 31.5. The second-order valence-electron chi connectivity index (χ2n) is 6.35. The van der Waals surface area contributed by atoms with Gasteiger partial charge < -0.3 is 10.1 Å². The number of esters is 1. The van der Waals surface area contributed by atoms with Crippen molar-refractivity contribution in [2.24, 2.45) is 0 Å². The molecule has 0 unspecified atom stereocenters. The van der Waals surface area contributed by atoms with Crippen molar-refractivity contribution >= 4 is 11.9 Å². The molecule has 0 spiro atoms. The van der Waals surface area contributed by atoms with Crippen molar-refractivity contribution in [2.45, 2.75) is 32.9 Å². The maximum atomic E-state index is 13.5. The highest BCUT2D eigenvalue weighted by atomic mass is 19.1. The van der Waals surface area contributed by atoms with Crippen LogP contribution in [-0.4, -0.2) is 22.5 Å². The first-order valence-corrected chi connectivity index (χ1v) is 7.57. The number of amides is 1. The van der Waals surface area contributed by atoms with Crippen LogP contribution in [0, 0.1) is 11.6 Å². The molecule has 0 bridgehead atoms. The lowest BCUT2D eigenvalue weighted by Crippen LogP contribution is -2.25. The van der Waals surface area contributed by atoms with Crippen molar-refractivity contribution in [1.82, 2.24) is 10.3 Å². The monoisotopic (exact) mass is 348 g/mol. The highest BCUT2D eigenvalue weighted by Gasteiger charge is 2.19. The number of halogens is 2. The Hall–Kier alpha value is -2.83. The van der Waals surface area contributed by atoms with Crippen molar-refractivity contribution in [3.63, 3.8) is 0 Å². The first kappa shape index (κ1) is 18.5. The second kappa shape index (κ2) is 7.38. The number of ether oxygens (including phenoxy) is 1. The summed E-state index contributed by atoms with van der Waals surface area (Å²) in [6.45, 7) is 5.11. The normalized spacial score (nSPS) is 11.1. The van der Waals surface area contributed by atoms with Gasteiger partial charge in [-0.1, -0.05) is 6.07 Å². The molecule has 25 heavy (non-hydrogen) atoms. The summed E-state index contributed by atoms with van der Waals surface area (Å²) in [6.07, 6.45) is 1.23. The number of benzene rings is 1. The van der Waals surface area contributed by atoms with Gasteiger partial charge in [-0.3, -0.25) is 4.79 Å². The Bertz CT molecular complexity index is 784. The smallest absolute Gasteiger partial charge is 0.357 e. The average molecular weight is 348 g/mol. The van der Waals surface area contributed by atoms with Crippen LogP contribution in [0.1, 0.15) is 47.2 Å². The SMILES string of the molecule is CC(C)(C)OC(=O)c1ccc(C(=O)NCc2ccc(F)cc2F)cn1. The lowest BCUT2D eigenvalue weighted by molar-refractivity contribution is 0.00626. The van der Waals surface area contributed by atoms with Crippen molar-refractivity contribution < 1.29 is 23.1 Å². The first-order chi connectivity index (χ1) is 11.7. The third-order valence-corrected chi connectivity index (χ3v) is 3.09. The molecule has 0 aliphatic heterocycles. The van der Waals surface area contributed by atoms with Gasteiger partial charge in [-0.05, 0) is 39.0 Å². The standard InChI is InChI=1S/C18H18F2N2O3/c1-18(2,3)25-17(24)15-7-5-12(10-21-15)16(23)22-9-11-4-6-13(19)8-14(11)20/h4-8,10H,9H2,1-3H3,(H,22,23). The number of nitrogens with zero attached hydrogens (tertiary/aromatic N) is 1. The number of carbonyl (C=O) groups excluding carboxylic acids is 2. The molecule has 1 aromatic carbocycles. The van der Waals surface area contributed by atoms with Crippen LogP contribution in [0.15, 0.2) is 36.5 Å². The second-order valence-corrected chi connectivity index (χ2v) is 6.35. The fraction of sp³-hybridized carbons (Fsp3) is 0.278. The Morgan fingerprint density at radius 1 is 1.16 bits per heavy atom. The van der Waals surface area contributed by atoms with Gasteiger partial charge in [-0.25, -0.2) is 18.6 Å². The van der Waals surface area contributed by atoms with E-state index in [0.717, 1.165) is 12.1 Å². The van der Waals surface area contributed by atoms with Gasteiger partial charge in [0.15, 0.2) is 0 Å². The fourth-order valence-corrected chi connectivity index (χ4v) is 1.92. The molecule has 1 heterocycles. The van der Waals surface area contributed by atoms with Gasteiger partial charge in [0, 0.05) is 24.4 Å². The molecule has 0 saturated heterocycles. The summed E-state index contributed by atoms with van der Waals surface area (Å²) in [5.74, 6) is -2.51. The number of carbonyl (C=O) groups is 2. The van der Waals surface area contributed by atoms with Gasteiger partial charge >= 0.3 is 5.97 Å². The van der Waals surface area contributed by atoms with Gasteiger partial charge in [0.2, 0.25) is 0 Å². The number of pyridine rings is 1. The zero-order chi connectivity index (χ0) is 18.6. The molecule has 5 nitrogen and oxygen atoms in total. The number of nitrogens with one attached hydrogen (secondary N) is 1. The maximum Gasteiger partial charge on any atom is 0.357 e. The van der Waals surface area contributed by atoms with Crippen LogP contribution in [0.3, 0.4) is 0 Å². The van der Waals surface area contributed by atoms with E-state index in [1.807, 2.05) is 0 Å². The molecular weight excluding hydrogens is 330 g/mol. The van der Waals surface area contributed by atoms with E-state index in [2.05, 4.69) is 10.3 Å². The van der Waals surface area contributed by atoms with Gasteiger partial charge in [0.25, 0.3) is 5.91 Å². The van der Waals surface area contributed by atoms with Gasteiger partial charge in [0.05, 0.1) is 5.56 Å². The first-order valence-electron chi connectivity index (χ1n) is 7.57. The quantitative estimate of drug-likeness (QED) is 0.861. The highest BCUT2D eigenvalue weighted by Crippen LogP contribution is 2.12. The van der Waals surface area contributed by atoms with Crippen LogP contribution < -0.4 is 5.32 Å². The molecule has 0 radical (unpaired) electrons. The summed E-state index contributed by atoms with van der Waals surface area (Å²) in [6, 6.07) is 5.92. The maximum absolute atomic E-state index is 13.5. The fourth-order valence-electron chi connectivity index (χ4n) is 1.92. The molecule has 2 aromatic rings. The van der Waals surface area contributed by atoms with Crippen LogP contribution >= 0.6 is 0 Å². The molecule has 0 aliphatic rings. The van der Waals surface area contributed by atoms with Crippen LogP contribution in [-0.2, 0) is 11.3 Å². The van der Waals surface area contributed by atoms with E-state index >= 15 is 0 Å². The zero-order valence-corrected chi connectivity index (χ0v) is 14.1. The molecule has 132 valence electrons. The largest absolute Gasteiger partial charge is 0.455 e. The zero-order valence-electron chi connectivity index (χ0n) is 14.1. The lowest BCUT2D eigenvalue weighted by atomic mass is 10.2. The molecule has 0 aliphatic carbocycles. The predicted molar refractivity (Wildman–Crippen MR) is 86.9 cm³/mol. The van der Waals surface area contributed by atoms with Crippen molar-refractivity contribution in [2.75, 3.05) is 0 Å². The minimum absolute atomic E-state index is 0.0797. The van der Waals surface area contributed by atoms with Gasteiger partial charge in [0.1, 0.15) is 22.9 Å². The molecule has 0 fully saturated rings. The van der Waals surface area contributed by atoms with E-state index < -0.39 is 29.1 Å². The summed E-state index contributed by atoms with van der Waals surface area (Å²) in [5, 5.41) is 2.50. The van der Waals surface area contributed by atoms with E-state index in [-0.39, 0.29) is 23.4 Å². The van der Waals surface area contributed by atoms with E-state index in [1.165, 1.54) is 24.4 Å². The van der Waals surface area contributed by atoms with Gasteiger partial charge in [-0.2, -0.15) is 0 Å². The Morgan fingerprint density at radius 3 is 2.44 bits per heavy atom. The Labute approximate surface area is 144 Å². The Morgan fingerprint density at radius 2 is 1.88 bits per heavy atom. The minimum atomic E-state index is -0.737. The Kier molecular flexibility index (Phi) is 5.46. The highest BCUT2D eigenvalue weighted by molar-refractivity contribution is 5.95. The predicted octanol–water partition coefficient (Wildman–Crippen LogP) is 3.25. The summed E-state index contributed by atoms with van der Waals surface area (Å²) in [5.41, 5.74) is -0.201. The molecule has 2 rings (SSSR count). The average Bonchev–Trinajstić information content (AvgIpc) is 2.52. The van der Waals surface area contributed by atoms with Crippen LogP contribution in [0.2, 0.25) is 0 Å². The van der Waals surface area contributed by atoms with Crippen LogP contribution in [0.4, 0.5) is 8.78 Å². The Balaban J connectivity index is 1.99. The number of hydrogen-bond donors (Lipinski definition) is 1. The summed E-state index contributed by atoms with van der Waals surface area (Å²) >= 11 is 0. The summed E-state index contributed by atoms with van der Waals surface area (Å²) in [7, 11) is 0. The molecule has 0 saturated carbocycles. The topological polar surface area (TPSA) is 68.3 Å². The van der Waals surface area contributed by atoms with E-state index in [9.17, 15) is 18.4 Å². The number of aromatic nitrogens is 1. The molecule has 0 atom stereocenters. The number of rotatable bonds is 4. The van der Waals surface area contributed by atoms with Crippen LogP contribution in [0.5, 0.6) is 0 Å². The van der Waals surface area contributed by atoms with E-state index in [0.29, 0.717) is 0 Å².